The first-order valence-electron chi connectivity index (χ1n) is 7.90. The van der Waals surface area contributed by atoms with E-state index in [1.54, 1.807) is 31.4 Å². The maximum absolute atomic E-state index is 12.5. The number of aryl methyl sites for hydroxylation is 1. The third kappa shape index (κ3) is 3.47. The van der Waals surface area contributed by atoms with Crippen LogP contribution in [0.1, 0.15) is 42.3 Å². The van der Waals surface area contributed by atoms with E-state index in [1.807, 2.05) is 19.9 Å². The highest BCUT2D eigenvalue weighted by Gasteiger charge is 2.18. The van der Waals surface area contributed by atoms with Gasteiger partial charge in [0.15, 0.2) is 0 Å². The smallest absolute Gasteiger partial charge is 0.285 e. The summed E-state index contributed by atoms with van der Waals surface area (Å²) in [4.78, 5) is 12.5. The molecule has 1 aromatic carbocycles. The van der Waals surface area contributed by atoms with E-state index < -0.39 is 11.7 Å². The van der Waals surface area contributed by atoms with Gasteiger partial charge in [-0.2, -0.15) is 10.4 Å². The predicted octanol–water partition coefficient (Wildman–Crippen LogP) is 1.98. The molecular formula is C18H21N3O3. The van der Waals surface area contributed by atoms with E-state index in [2.05, 4.69) is 5.10 Å². The molecule has 0 aliphatic carbocycles. The van der Waals surface area contributed by atoms with Gasteiger partial charge >= 0.3 is 0 Å². The molecule has 0 fully saturated rings. The zero-order valence-electron chi connectivity index (χ0n) is 14.1. The SMILES string of the molecule is CCc1nn(CC(O)c2cccc(OC)c2)c(=O)c(C#N)c1CC. The molecule has 0 bridgehead atoms. The summed E-state index contributed by atoms with van der Waals surface area (Å²) in [5.41, 5.74) is 1.68. The Bertz CT molecular complexity index is 821. The van der Waals surface area contributed by atoms with E-state index in [0.717, 1.165) is 0 Å². The zero-order valence-corrected chi connectivity index (χ0v) is 14.1. The number of nitrogens with zero attached hydrogens (tertiary/aromatic N) is 3. The van der Waals surface area contributed by atoms with Crippen molar-refractivity contribution in [2.45, 2.75) is 39.3 Å². The summed E-state index contributed by atoms with van der Waals surface area (Å²) in [7, 11) is 1.55. The number of benzene rings is 1. The average Bonchev–Trinajstić information content (AvgIpc) is 2.62. The Balaban J connectivity index is 2.42. The van der Waals surface area contributed by atoms with Crippen LogP contribution >= 0.6 is 0 Å². The van der Waals surface area contributed by atoms with Crippen LogP contribution in [-0.4, -0.2) is 22.0 Å². The first-order chi connectivity index (χ1) is 11.5. The standard InChI is InChI=1S/C18H21N3O3/c1-4-14-15(10-19)18(23)21(20-16(14)5-2)11-17(22)12-7-6-8-13(9-12)24-3/h6-9,17,22H,4-5,11H2,1-3H3. The minimum Gasteiger partial charge on any atom is -0.497 e. The van der Waals surface area contributed by atoms with Gasteiger partial charge in [0.1, 0.15) is 17.4 Å². The van der Waals surface area contributed by atoms with Crippen LogP contribution in [0.3, 0.4) is 0 Å². The van der Waals surface area contributed by atoms with Crippen LogP contribution in [-0.2, 0) is 19.4 Å². The van der Waals surface area contributed by atoms with Gasteiger partial charge in [0.25, 0.3) is 5.56 Å². The Hall–Kier alpha value is -2.65. The first kappa shape index (κ1) is 17.7. The minimum atomic E-state index is -0.922. The number of aliphatic hydroxyl groups is 1. The van der Waals surface area contributed by atoms with Crippen molar-refractivity contribution >= 4 is 0 Å². The zero-order chi connectivity index (χ0) is 17.7. The fraction of sp³-hybridized carbons (Fsp3) is 0.389. The Morgan fingerprint density at radius 2 is 2.12 bits per heavy atom. The monoisotopic (exact) mass is 327 g/mol. The summed E-state index contributed by atoms with van der Waals surface area (Å²) in [6.45, 7) is 3.81. The highest BCUT2D eigenvalue weighted by atomic mass is 16.5. The minimum absolute atomic E-state index is 0.0162. The summed E-state index contributed by atoms with van der Waals surface area (Å²) < 4.78 is 6.33. The Kier molecular flexibility index (Phi) is 5.72. The molecule has 1 unspecified atom stereocenters. The number of hydrogen-bond acceptors (Lipinski definition) is 5. The maximum Gasteiger partial charge on any atom is 0.285 e. The van der Waals surface area contributed by atoms with Crippen LogP contribution in [0, 0.1) is 11.3 Å². The van der Waals surface area contributed by atoms with Gasteiger partial charge in [-0.25, -0.2) is 4.68 Å². The Morgan fingerprint density at radius 1 is 1.38 bits per heavy atom. The summed E-state index contributed by atoms with van der Waals surface area (Å²) in [5.74, 6) is 0.625. The average molecular weight is 327 g/mol. The number of aliphatic hydroxyl groups excluding tert-OH is 1. The van der Waals surface area contributed by atoms with E-state index in [4.69, 9.17) is 4.74 Å². The molecule has 1 atom stereocenters. The van der Waals surface area contributed by atoms with Crippen LogP contribution < -0.4 is 10.3 Å². The summed E-state index contributed by atoms with van der Waals surface area (Å²) in [5, 5.41) is 24.1. The van der Waals surface area contributed by atoms with Gasteiger partial charge in [0, 0.05) is 0 Å². The van der Waals surface area contributed by atoms with Gasteiger partial charge in [-0.1, -0.05) is 26.0 Å². The fourth-order valence-corrected chi connectivity index (χ4v) is 2.68. The molecule has 0 radical (unpaired) electrons. The van der Waals surface area contributed by atoms with Gasteiger partial charge in [-0.15, -0.1) is 0 Å². The number of methoxy groups -OCH3 is 1. The molecule has 0 saturated carbocycles. The number of ether oxygens (including phenoxy) is 1. The van der Waals surface area contributed by atoms with E-state index in [1.165, 1.54) is 4.68 Å². The largest absolute Gasteiger partial charge is 0.497 e. The first-order valence-corrected chi connectivity index (χ1v) is 7.90. The molecule has 1 heterocycles. The topological polar surface area (TPSA) is 88.1 Å². The van der Waals surface area contributed by atoms with Crippen LogP contribution in [0.2, 0.25) is 0 Å². The second-order valence-corrected chi connectivity index (χ2v) is 5.40. The van der Waals surface area contributed by atoms with Crippen molar-refractivity contribution in [1.82, 2.24) is 9.78 Å². The summed E-state index contributed by atoms with van der Waals surface area (Å²) >= 11 is 0. The second kappa shape index (κ2) is 7.75. The molecule has 0 saturated heterocycles. The third-order valence-electron chi connectivity index (χ3n) is 3.96. The molecule has 1 aromatic heterocycles. The van der Waals surface area contributed by atoms with Crippen LogP contribution in [0.4, 0.5) is 0 Å². The number of rotatable bonds is 6. The van der Waals surface area contributed by atoms with Gasteiger partial charge in [-0.3, -0.25) is 4.79 Å². The molecule has 6 heteroatoms. The molecular weight excluding hydrogens is 306 g/mol. The molecule has 1 N–H and O–H groups in total. The Morgan fingerprint density at radius 3 is 2.71 bits per heavy atom. The van der Waals surface area contributed by atoms with Crippen LogP contribution in [0.25, 0.3) is 0 Å². The van der Waals surface area contributed by atoms with E-state index in [9.17, 15) is 15.2 Å². The van der Waals surface area contributed by atoms with Gasteiger partial charge in [-0.05, 0) is 36.1 Å². The molecule has 0 aliphatic heterocycles. The highest BCUT2D eigenvalue weighted by molar-refractivity contribution is 5.38. The maximum atomic E-state index is 12.5. The quantitative estimate of drug-likeness (QED) is 0.876. The van der Waals surface area contributed by atoms with Crippen molar-refractivity contribution in [3.8, 4) is 11.8 Å². The number of aromatic nitrogens is 2. The molecule has 0 amide bonds. The lowest BCUT2D eigenvalue weighted by Crippen LogP contribution is -2.30. The Labute approximate surface area is 140 Å². The molecule has 6 nitrogen and oxygen atoms in total. The van der Waals surface area contributed by atoms with Crippen molar-refractivity contribution in [2.75, 3.05) is 7.11 Å². The third-order valence-corrected chi connectivity index (χ3v) is 3.96. The lowest BCUT2D eigenvalue weighted by Gasteiger charge is -2.16. The van der Waals surface area contributed by atoms with Gasteiger partial charge in [0.2, 0.25) is 0 Å². The van der Waals surface area contributed by atoms with Crippen molar-refractivity contribution in [3.05, 3.63) is 57.0 Å². The molecule has 24 heavy (non-hydrogen) atoms. The molecule has 126 valence electrons. The lowest BCUT2D eigenvalue weighted by atomic mass is 10.0. The number of hydrogen-bond donors (Lipinski definition) is 1. The van der Waals surface area contributed by atoms with Crippen molar-refractivity contribution in [3.63, 3.8) is 0 Å². The fourth-order valence-electron chi connectivity index (χ4n) is 2.68. The van der Waals surface area contributed by atoms with E-state index >= 15 is 0 Å². The normalized spacial score (nSPS) is 11.8. The van der Waals surface area contributed by atoms with Crippen LogP contribution in [0.5, 0.6) is 5.75 Å². The summed E-state index contributed by atoms with van der Waals surface area (Å²) in [6, 6.07) is 9.00. The molecule has 2 aromatic rings. The van der Waals surface area contributed by atoms with Crippen molar-refractivity contribution in [2.24, 2.45) is 0 Å². The molecule has 0 spiro atoms. The van der Waals surface area contributed by atoms with Gasteiger partial charge < -0.3 is 9.84 Å². The van der Waals surface area contributed by atoms with Crippen molar-refractivity contribution < 1.29 is 9.84 Å². The predicted molar refractivity (Wildman–Crippen MR) is 89.9 cm³/mol. The van der Waals surface area contributed by atoms with E-state index in [-0.39, 0.29) is 12.1 Å². The highest BCUT2D eigenvalue weighted by Crippen LogP contribution is 2.20. The lowest BCUT2D eigenvalue weighted by molar-refractivity contribution is 0.148. The molecule has 0 aliphatic rings. The van der Waals surface area contributed by atoms with E-state index in [0.29, 0.717) is 35.4 Å². The number of nitriles is 1. The van der Waals surface area contributed by atoms with Gasteiger partial charge in [0.05, 0.1) is 25.5 Å². The second-order valence-electron chi connectivity index (χ2n) is 5.40. The van der Waals surface area contributed by atoms with Crippen molar-refractivity contribution in [1.29, 1.82) is 5.26 Å². The molecule has 2 rings (SSSR count). The summed E-state index contributed by atoms with van der Waals surface area (Å²) in [6.07, 6.45) is 0.273. The van der Waals surface area contributed by atoms with Crippen LogP contribution in [0.15, 0.2) is 29.1 Å².